The summed E-state index contributed by atoms with van der Waals surface area (Å²) in [5.74, 6) is 0.581. The van der Waals surface area contributed by atoms with Crippen LogP contribution in [0.4, 0.5) is 0 Å². The number of hydrogen-bond acceptors (Lipinski definition) is 6. The third-order valence-corrected chi connectivity index (χ3v) is 5.13. The second-order valence-corrected chi connectivity index (χ2v) is 6.57. The molecule has 24 heavy (non-hydrogen) atoms. The zero-order valence-corrected chi connectivity index (χ0v) is 13.1. The molecule has 0 amide bonds. The lowest BCUT2D eigenvalue weighted by Gasteiger charge is -2.05. The molecule has 3 aromatic heterocycles. The predicted octanol–water partition coefficient (Wildman–Crippen LogP) is 1.72. The van der Waals surface area contributed by atoms with Crippen LogP contribution in [-0.4, -0.2) is 20.2 Å². The minimum absolute atomic E-state index is 0.203. The molecule has 0 saturated heterocycles. The van der Waals surface area contributed by atoms with E-state index in [1.54, 1.807) is 17.4 Å². The van der Waals surface area contributed by atoms with E-state index in [-0.39, 0.29) is 17.2 Å². The molecular formula is C16H11N5O2S. The molecule has 1 aliphatic rings. The maximum absolute atomic E-state index is 11.9. The van der Waals surface area contributed by atoms with Gasteiger partial charge in [-0.05, 0) is 35.4 Å². The van der Waals surface area contributed by atoms with Crippen LogP contribution in [0.3, 0.4) is 0 Å². The number of rotatable bonds is 3. The summed E-state index contributed by atoms with van der Waals surface area (Å²) < 4.78 is 0. The Bertz CT molecular complexity index is 1060. The highest BCUT2D eigenvalue weighted by atomic mass is 32.1. The van der Waals surface area contributed by atoms with Gasteiger partial charge in [-0.2, -0.15) is 5.26 Å². The van der Waals surface area contributed by atoms with Crippen LogP contribution in [0.25, 0.3) is 11.3 Å². The van der Waals surface area contributed by atoms with Crippen molar-refractivity contribution in [1.82, 2.24) is 20.2 Å². The number of aromatic amines is 2. The van der Waals surface area contributed by atoms with Crippen LogP contribution in [0.2, 0.25) is 0 Å². The average Bonchev–Trinajstić information content (AvgIpc) is 3.19. The first-order chi connectivity index (χ1) is 11.7. The molecule has 0 spiro atoms. The van der Waals surface area contributed by atoms with Gasteiger partial charge >= 0.3 is 5.69 Å². The van der Waals surface area contributed by atoms with E-state index in [1.807, 2.05) is 11.4 Å². The van der Waals surface area contributed by atoms with E-state index in [1.165, 1.54) is 11.1 Å². The van der Waals surface area contributed by atoms with E-state index >= 15 is 0 Å². The smallest absolute Gasteiger partial charge is 0.313 e. The number of nitriles is 1. The second-order valence-electron chi connectivity index (χ2n) is 5.60. The Morgan fingerprint density at radius 2 is 2.17 bits per heavy atom. The quantitative estimate of drug-likeness (QED) is 0.755. The zero-order chi connectivity index (χ0) is 16.7. The third kappa shape index (κ3) is 2.45. The molecule has 0 bridgehead atoms. The number of hydrogen-bond donors (Lipinski definition) is 2. The van der Waals surface area contributed by atoms with Gasteiger partial charge in [-0.25, -0.2) is 4.79 Å². The molecule has 0 unspecified atom stereocenters. The van der Waals surface area contributed by atoms with E-state index in [2.05, 4.69) is 32.3 Å². The van der Waals surface area contributed by atoms with Crippen molar-refractivity contribution >= 4 is 11.3 Å². The normalized spacial score (nSPS) is 19.0. The van der Waals surface area contributed by atoms with E-state index in [0.29, 0.717) is 11.6 Å². The maximum Gasteiger partial charge on any atom is 0.325 e. The van der Waals surface area contributed by atoms with Gasteiger partial charge in [0.2, 0.25) is 0 Å². The molecule has 1 fully saturated rings. The number of nitrogens with one attached hydrogen (secondary N) is 2. The third-order valence-electron chi connectivity index (χ3n) is 4.12. The fourth-order valence-electron chi connectivity index (χ4n) is 2.86. The van der Waals surface area contributed by atoms with Crippen molar-refractivity contribution in [2.24, 2.45) is 0 Å². The van der Waals surface area contributed by atoms with Crippen LogP contribution in [0.1, 0.15) is 34.4 Å². The Balaban J connectivity index is 1.76. The van der Waals surface area contributed by atoms with Crippen molar-refractivity contribution in [2.75, 3.05) is 0 Å². The van der Waals surface area contributed by atoms with Crippen molar-refractivity contribution in [3.63, 3.8) is 0 Å². The van der Waals surface area contributed by atoms with Gasteiger partial charge in [-0.1, -0.05) is 6.07 Å². The molecule has 0 aromatic carbocycles. The molecule has 2 atom stereocenters. The first-order valence-electron chi connectivity index (χ1n) is 7.31. The average molecular weight is 337 g/mol. The van der Waals surface area contributed by atoms with Crippen LogP contribution in [0, 0.1) is 11.3 Å². The summed E-state index contributed by atoms with van der Waals surface area (Å²) in [7, 11) is 0. The van der Waals surface area contributed by atoms with Crippen LogP contribution in [0.5, 0.6) is 0 Å². The molecule has 1 saturated carbocycles. The van der Waals surface area contributed by atoms with Gasteiger partial charge in [0.05, 0.1) is 5.56 Å². The fourth-order valence-corrected chi connectivity index (χ4v) is 3.77. The monoisotopic (exact) mass is 337 g/mol. The summed E-state index contributed by atoms with van der Waals surface area (Å²) >= 11 is 1.70. The maximum atomic E-state index is 11.9. The first-order valence-corrected chi connectivity index (χ1v) is 8.19. The molecule has 118 valence electrons. The molecule has 0 radical (unpaired) electrons. The second kappa shape index (κ2) is 5.54. The minimum atomic E-state index is -0.578. The van der Waals surface area contributed by atoms with Gasteiger partial charge in [0.25, 0.3) is 5.56 Å². The van der Waals surface area contributed by atoms with Gasteiger partial charge in [0.1, 0.15) is 11.8 Å². The van der Waals surface area contributed by atoms with Crippen molar-refractivity contribution in [3.8, 4) is 17.3 Å². The molecule has 2 N–H and O–H groups in total. The Morgan fingerprint density at radius 1 is 1.29 bits per heavy atom. The van der Waals surface area contributed by atoms with E-state index in [4.69, 9.17) is 0 Å². The largest absolute Gasteiger partial charge is 0.325 e. The van der Waals surface area contributed by atoms with Gasteiger partial charge < -0.3 is 4.98 Å². The number of thiophene rings is 1. The van der Waals surface area contributed by atoms with Gasteiger partial charge in [-0.3, -0.25) is 9.78 Å². The van der Waals surface area contributed by atoms with Crippen LogP contribution < -0.4 is 11.2 Å². The van der Waals surface area contributed by atoms with E-state index in [0.717, 1.165) is 12.0 Å². The number of H-pyrrole nitrogens is 2. The molecule has 4 rings (SSSR count). The van der Waals surface area contributed by atoms with Crippen molar-refractivity contribution in [2.45, 2.75) is 18.3 Å². The predicted molar refractivity (Wildman–Crippen MR) is 87.8 cm³/mol. The Labute approximate surface area is 139 Å². The first kappa shape index (κ1) is 14.5. The van der Waals surface area contributed by atoms with Crippen molar-refractivity contribution < 1.29 is 0 Å². The molecule has 7 nitrogen and oxygen atoms in total. The topological polar surface area (TPSA) is 115 Å². The highest BCUT2D eigenvalue weighted by Crippen LogP contribution is 2.56. The summed E-state index contributed by atoms with van der Waals surface area (Å²) in [6.07, 6.45) is 2.26. The molecular weight excluding hydrogens is 326 g/mol. The van der Waals surface area contributed by atoms with Gasteiger partial charge in [-0.15, -0.1) is 21.5 Å². The standard InChI is InChI=1S/C16H11N5O2S/c17-6-13-9(8-4-10(8)14-2-1-3-24-14)5-12(20-21-13)11-7-18-16(23)19-15(11)22/h1-3,5,7-8,10H,4H2,(H2,18,19,22,23)/t8-,10+/m1/s1. The molecule has 0 aliphatic heterocycles. The molecule has 3 heterocycles. The summed E-state index contributed by atoms with van der Waals surface area (Å²) in [4.78, 5) is 28.9. The lowest BCUT2D eigenvalue weighted by molar-refractivity contribution is 0.939. The highest BCUT2D eigenvalue weighted by Gasteiger charge is 2.42. The van der Waals surface area contributed by atoms with Crippen molar-refractivity contribution in [3.05, 3.63) is 66.7 Å². The van der Waals surface area contributed by atoms with E-state index < -0.39 is 11.2 Å². The Hall–Kier alpha value is -3.05. The number of aromatic nitrogens is 4. The summed E-state index contributed by atoms with van der Waals surface area (Å²) in [5.41, 5.74) is 0.537. The molecule has 8 heteroatoms. The molecule has 3 aromatic rings. The van der Waals surface area contributed by atoms with Crippen molar-refractivity contribution in [1.29, 1.82) is 5.26 Å². The lowest BCUT2D eigenvalue weighted by Crippen LogP contribution is -2.23. The number of nitrogens with zero attached hydrogens (tertiary/aromatic N) is 3. The van der Waals surface area contributed by atoms with Crippen LogP contribution in [-0.2, 0) is 0 Å². The van der Waals surface area contributed by atoms with Crippen LogP contribution in [0.15, 0.2) is 39.4 Å². The minimum Gasteiger partial charge on any atom is -0.313 e. The molecule has 1 aliphatic carbocycles. The summed E-state index contributed by atoms with van der Waals surface area (Å²) in [6.45, 7) is 0. The zero-order valence-electron chi connectivity index (χ0n) is 12.3. The SMILES string of the molecule is N#Cc1nnc(-c2c[nH]c(=O)[nH]c2=O)cc1[C@H]1C[C@@H]1c1cccs1. The highest BCUT2D eigenvalue weighted by molar-refractivity contribution is 7.10. The van der Waals surface area contributed by atoms with E-state index in [9.17, 15) is 14.9 Å². The van der Waals surface area contributed by atoms with Crippen LogP contribution >= 0.6 is 11.3 Å². The Kier molecular flexibility index (Phi) is 3.36. The summed E-state index contributed by atoms with van der Waals surface area (Å²) in [6, 6.07) is 7.90. The fraction of sp³-hybridized carbons (Fsp3) is 0.188. The van der Waals surface area contributed by atoms with Gasteiger partial charge in [0, 0.05) is 17.0 Å². The summed E-state index contributed by atoms with van der Waals surface area (Å²) in [5, 5.41) is 19.3. The van der Waals surface area contributed by atoms with Gasteiger partial charge in [0.15, 0.2) is 5.69 Å². The lowest BCUT2D eigenvalue weighted by atomic mass is 10.0. The Morgan fingerprint density at radius 3 is 2.88 bits per heavy atom.